The van der Waals surface area contributed by atoms with Crippen LogP contribution in [0.1, 0.15) is 0 Å². The molecule has 4 atom stereocenters. The molecule has 1 aromatic rings. The van der Waals surface area contributed by atoms with Gasteiger partial charge in [0.1, 0.15) is 18.3 Å². The van der Waals surface area contributed by atoms with Crippen LogP contribution in [0.4, 0.5) is 0 Å². The van der Waals surface area contributed by atoms with Crippen molar-refractivity contribution in [3.63, 3.8) is 0 Å². The number of H-pyrrole nitrogens is 1. The average molecular weight is 349 g/mol. The van der Waals surface area contributed by atoms with E-state index in [0.717, 1.165) is 16.8 Å². The fourth-order valence-electron chi connectivity index (χ4n) is 2.18. The van der Waals surface area contributed by atoms with Crippen molar-refractivity contribution in [2.75, 3.05) is 6.61 Å². The molecule has 0 aromatic carbocycles. The summed E-state index contributed by atoms with van der Waals surface area (Å²) in [6.07, 6.45) is -2.97. The van der Waals surface area contributed by atoms with E-state index in [1.165, 1.54) is 0 Å². The average Bonchev–Trinajstić information content (AvgIpc) is 2.64. The van der Waals surface area contributed by atoms with Gasteiger partial charge in [-0.05, 0) is 0 Å². The summed E-state index contributed by atoms with van der Waals surface area (Å²) < 4.78 is 6.39. The van der Waals surface area contributed by atoms with E-state index in [4.69, 9.17) is 9.84 Å². The number of nitrogens with zero attached hydrogens (tertiary/aromatic N) is 1. The second kappa shape index (κ2) is 5.26. The highest BCUT2D eigenvalue weighted by Gasteiger charge is 2.57. The number of nitrogens with one attached hydrogen (secondary N) is 1. The van der Waals surface area contributed by atoms with Gasteiger partial charge in [0.2, 0.25) is 5.72 Å². The highest BCUT2D eigenvalue weighted by Crippen LogP contribution is 2.42. The number of aromatic amines is 1. The molecule has 4 N–H and O–H groups in total. The van der Waals surface area contributed by atoms with Crippen LogP contribution in [0, 0.1) is 0 Å². The minimum atomic E-state index is -1.83. The number of aliphatic hydroxyl groups excluding tert-OH is 3. The second-order valence-electron chi connectivity index (χ2n) is 4.36. The van der Waals surface area contributed by atoms with Gasteiger partial charge in [-0.15, -0.1) is 0 Å². The van der Waals surface area contributed by atoms with Crippen molar-refractivity contribution in [2.45, 2.75) is 24.0 Å². The number of rotatable bonds is 3. The Labute approximate surface area is 121 Å². The second-order valence-corrected chi connectivity index (χ2v) is 5.31. The predicted molar refractivity (Wildman–Crippen MR) is 71.3 cm³/mol. The lowest BCUT2D eigenvalue weighted by Gasteiger charge is -2.33. The third-order valence-corrected chi connectivity index (χ3v) is 3.75. The summed E-state index contributed by atoms with van der Waals surface area (Å²) in [5, 5.41) is 29.2. The molecule has 0 radical (unpaired) electrons. The van der Waals surface area contributed by atoms with Crippen molar-refractivity contribution in [3.05, 3.63) is 44.2 Å². The largest absolute Gasteiger partial charge is 0.394 e. The zero-order valence-corrected chi connectivity index (χ0v) is 11.8. The molecule has 0 amide bonds. The molecule has 0 saturated carbocycles. The third-order valence-electron chi connectivity index (χ3n) is 3.19. The van der Waals surface area contributed by atoms with Crippen molar-refractivity contribution >= 4 is 15.9 Å². The lowest BCUT2D eigenvalue weighted by atomic mass is 10.0. The van der Waals surface area contributed by atoms with Gasteiger partial charge in [-0.2, -0.15) is 0 Å². The molecular formula is C11H13BrN2O6. The number of hydrogen-bond donors (Lipinski definition) is 4. The van der Waals surface area contributed by atoms with Crippen LogP contribution in [-0.2, 0) is 10.5 Å². The minimum Gasteiger partial charge on any atom is -0.394 e. The molecule has 0 spiro atoms. The smallest absolute Gasteiger partial charge is 0.331 e. The summed E-state index contributed by atoms with van der Waals surface area (Å²) in [5.74, 6) is 0. The molecule has 1 aliphatic rings. The molecule has 0 bridgehead atoms. The first-order valence-electron chi connectivity index (χ1n) is 5.66. The lowest BCUT2D eigenvalue weighted by molar-refractivity contribution is -0.117. The molecule has 1 saturated heterocycles. The van der Waals surface area contributed by atoms with Crippen molar-refractivity contribution in [1.82, 2.24) is 9.55 Å². The van der Waals surface area contributed by atoms with Crippen LogP contribution in [0.5, 0.6) is 0 Å². The van der Waals surface area contributed by atoms with Gasteiger partial charge in [0.05, 0.1) is 6.61 Å². The van der Waals surface area contributed by atoms with E-state index < -0.39 is 41.9 Å². The Hall–Kier alpha value is -1.26. The van der Waals surface area contributed by atoms with E-state index in [2.05, 4.69) is 22.5 Å². The minimum absolute atomic E-state index is 0.0571. The molecule has 8 nitrogen and oxygen atoms in total. The SMILES string of the molecule is C=C(Br)[C@@]1(n2ccc(=O)[nH]c2=O)O[C@H](CO)[C@@H](O)[C@H]1O. The van der Waals surface area contributed by atoms with Crippen molar-refractivity contribution in [1.29, 1.82) is 0 Å². The summed E-state index contributed by atoms with van der Waals surface area (Å²) in [6.45, 7) is 3.03. The van der Waals surface area contributed by atoms with Crippen LogP contribution >= 0.6 is 15.9 Å². The van der Waals surface area contributed by atoms with Crippen molar-refractivity contribution in [2.24, 2.45) is 0 Å². The Morgan fingerprint density at radius 2 is 2.20 bits per heavy atom. The Balaban J connectivity index is 2.65. The number of aliphatic hydroxyl groups is 3. The standard InChI is InChI=1S/C11H13BrN2O6/c1-5(12)11(9(18)8(17)6(4-15)20-11)14-3-2-7(16)13-10(14)19/h2-3,6,8-9,15,17-18H,1,4H2,(H,13,16,19)/t6-,8-,9-,11-/m1/s1. The highest BCUT2D eigenvalue weighted by molar-refractivity contribution is 9.11. The fourth-order valence-corrected chi connectivity index (χ4v) is 2.70. The van der Waals surface area contributed by atoms with Crippen molar-refractivity contribution < 1.29 is 20.1 Å². The predicted octanol–water partition coefficient (Wildman–Crippen LogP) is -1.79. The summed E-state index contributed by atoms with van der Waals surface area (Å²) in [5.41, 5.74) is -3.29. The number of hydrogen-bond acceptors (Lipinski definition) is 6. The Morgan fingerprint density at radius 1 is 1.55 bits per heavy atom. The maximum absolute atomic E-state index is 11.9. The monoisotopic (exact) mass is 348 g/mol. The van der Waals surface area contributed by atoms with Gasteiger partial charge in [0.15, 0.2) is 0 Å². The fraction of sp³-hybridized carbons (Fsp3) is 0.455. The Bertz CT molecular complexity index is 640. The van der Waals surface area contributed by atoms with Gasteiger partial charge in [-0.1, -0.05) is 22.5 Å². The third kappa shape index (κ3) is 2.07. The molecule has 1 aromatic heterocycles. The van der Waals surface area contributed by atoms with E-state index in [1.807, 2.05) is 4.98 Å². The maximum Gasteiger partial charge on any atom is 0.331 e. The van der Waals surface area contributed by atoms with Gasteiger partial charge >= 0.3 is 5.69 Å². The van der Waals surface area contributed by atoms with E-state index in [1.54, 1.807) is 0 Å². The van der Waals surface area contributed by atoms with Crippen LogP contribution in [-0.4, -0.2) is 49.8 Å². The van der Waals surface area contributed by atoms with E-state index in [9.17, 15) is 19.8 Å². The molecule has 2 rings (SSSR count). The highest BCUT2D eigenvalue weighted by atomic mass is 79.9. The summed E-state index contributed by atoms with van der Waals surface area (Å²) in [4.78, 5) is 25.0. The van der Waals surface area contributed by atoms with E-state index in [-0.39, 0.29) is 4.48 Å². The van der Waals surface area contributed by atoms with Gasteiger partial charge < -0.3 is 20.1 Å². The first kappa shape index (κ1) is 15.1. The first-order chi connectivity index (χ1) is 9.34. The van der Waals surface area contributed by atoms with Gasteiger partial charge in [-0.3, -0.25) is 14.3 Å². The topological polar surface area (TPSA) is 125 Å². The van der Waals surface area contributed by atoms with Gasteiger partial charge in [-0.25, -0.2) is 4.79 Å². The quantitative estimate of drug-likeness (QED) is 0.511. The van der Waals surface area contributed by atoms with Gasteiger partial charge in [0, 0.05) is 16.7 Å². The molecule has 110 valence electrons. The number of ether oxygens (including phenoxy) is 1. The molecule has 20 heavy (non-hydrogen) atoms. The van der Waals surface area contributed by atoms with Crippen molar-refractivity contribution in [3.8, 4) is 0 Å². The molecule has 0 aliphatic carbocycles. The lowest BCUT2D eigenvalue weighted by Crippen LogP contribution is -2.51. The molecule has 1 aliphatic heterocycles. The van der Waals surface area contributed by atoms with Gasteiger partial charge in [0.25, 0.3) is 5.56 Å². The summed E-state index contributed by atoms with van der Waals surface area (Å²) in [7, 11) is 0. The maximum atomic E-state index is 11.9. The zero-order valence-electron chi connectivity index (χ0n) is 10.2. The first-order valence-corrected chi connectivity index (χ1v) is 6.46. The van der Waals surface area contributed by atoms with Crippen LogP contribution in [0.15, 0.2) is 32.9 Å². The molecule has 2 heterocycles. The molecular weight excluding hydrogens is 336 g/mol. The van der Waals surface area contributed by atoms with Crippen LogP contribution in [0.25, 0.3) is 0 Å². The molecule has 0 unspecified atom stereocenters. The van der Waals surface area contributed by atoms with Crippen LogP contribution in [0.2, 0.25) is 0 Å². The van der Waals surface area contributed by atoms with Crippen LogP contribution in [0.3, 0.4) is 0 Å². The zero-order chi connectivity index (χ0) is 15.1. The molecule has 1 fully saturated rings. The normalized spacial score (nSPS) is 33.3. The van der Waals surface area contributed by atoms with E-state index in [0.29, 0.717) is 0 Å². The Morgan fingerprint density at radius 3 is 2.65 bits per heavy atom. The summed E-state index contributed by atoms with van der Waals surface area (Å²) >= 11 is 3.05. The summed E-state index contributed by atoms with van der Waals surface area (Å²) in [6, 6.07) is 1.06. The Kier molecular flexibility index (Phi) is 3.98. The number of aromatic nitrogens is 2. The molecule has 9 heteroatoms. The van der Waals surface area contributed by atoms with Crippen LogP contribution < -0.4 is 11.2 Å². The number of halogens is 1. The van der Waals surface area contributed by atoms with E-state index >= 15 is 0 Å².